The second-order valence-corrected chi connectivity index (χ2v) is 12.7. The summed E-state index contributed by atoms with van der Waals surface area (Å²) in [5, 5.41) is 3.40. The van der Waals surface area contributed by atoms with E-state index in [2.05, 4.69) is 5.32 Å². The van der Waals surface area contributed by atoms with Crippen molar-refractivity contribution in [2.24, 2.45) is 0 Å². The molecule has 0 aromatic heterocycles. The highest BCUT2D eigenvalue weighted by molar-refractivity contribution is 7.92. The van der Waals surface area contributed by atoms with E-state index in [4.69, 9.17) is 11.6 Å². The van der Waals surface area contributed by atoms with E-state index in [0.29, 0.717) is 29.2 Å². The maximum absolute atomic E-state index is 14.5. The normalized spacial score (nSPS) is 11.9. The summed E-state index contributed by atoms with van der Waals surface area (Å²) in [7, 11) is -4.16. The predicted molar refractivity (Wildman–Crippen MR) is 176 cm³/mol. The molecule has 0 saturated carbocycles. The van der Waals surface area contributed by atoms with E-state index < -0.39 is 28.5 Å². The predicted octanol–water partition coefficient (Wildman–Crippen LogP) is 6.26. The summed E-state index contributed by atoms with van der Waals surface area (Å²) in [5.41, 5.74) is 2.71. The van der Waals surface area contributed by atoms with Gasteiger partial charge >= 0.3 is 0 Å². The van der Waals surface area contributed by atoms with E-state index in [1.54, 1.807) is 48.5 Å². The summed E-state index contributed by atoms with van der Waals surface area (Å²) in [6, 6.07) is 30.9. The first-order chi connectivity index (χ1) is 21.3. The topological polar surface area (TPSA) is 86.8 Å². The molecule has 0 fully saturated rings. The van der Waals surface area contributed by atoms with Crippen molar-refractivity contribution < 1.29 is 18.0 Å². The van der Waals surface area contributed by atoms with Gasteiger partial charge in [0, 0.05) is 24.5 Å². The number of amides is 2. The van der Waals surface area contributed by atoms with Crippen molar-refractivity contribution in [3.05, 3.63) is 131 Å². The van der Waals surface area contributed by atoms with Gasteiger partial charge in [0.05, 0.1) is 10.6 Å². The number of hydrogen-bond donors (Lipinski definition) is 1. The van der Waals surface area contributed by atoms with Crippen molar-refractivity contribution in [3.8, 4) is 0 Å². The molecule has 1 atom stereocenters. The third-order valence-electron chi connectivity index (χ3n) is 7.37. The molecule has 0 aliphatic rings. The van der Waals surface area contributed by atoms with Crippen molar-refractivity contribution >= 4 is 39.1 Å². The lowest BCUT2D eigenvalue weighted by atomic mass is 10.0. The van der Waals surface area contributed by atoms with Crippen LogP contribution in [0.4, 0.5) is 5.69 Å². The molecule has 2 amide bonds. The van der Waals surface area contributed by atoms with Crippen LogP contribution in [0.15, 0.2) is 114 Å². The number of halogens is 1. The van der Waals surface area contributed by atoms with Gasteiger partial charge in [-0.05, 0) is 53.8 Å². The molecule has 4 aromatic rings. The number of sulfonamides is 1. The number of aryl methyl sites for hydroxylation is 1. The van der Waals surface area contributed by atoms with Crippen molar-refractivity contribution in [1.29, 1.82) is 0 Å². The zero-order valence-electron chi connectivity index (χ0n) is 25.0. The van der Waals surface area contributed by atoms with Crippen molar-refractivity contribution in [2.45, 2.75) is 50.6 Å². The van der Waals surface area contributed by atoms with Crippen LogP contribution in [-0.4, -0.2) is 44.3 Å². The van der Waals surface area contributed by atoms with E-state index in [-0.39, 0.29) is 23.8 Å². The second-order valence-electron chi connectivity index (χ2n) is 10.4. The molecule has 230 valence electrons. The summed E-state index contributed by atoms with van der Waals surface area (Å²) in [6.45, 7) is 3.84. The first-order valence-corrected chi connectivity index (χ1v) is 16.6. The minimum atomic E-state index is -4.16. The van der Waals surface area contributed by atoms with Gasteiger partial charge in [0.25, 0.3) is 10.0 Å². The third kappa shape index (κ3) is 8.07. The largest absolute Gasteiger partial charge is 0.354 e. The molecule has 7 nitrogen and oxygen atoms in total. The fraction of sp³-hybridized carbons (Fsp3) is 0.257. The number of para-hydroxylation sites is 1. The molecule has 0 saturated heterocycles. The monoisotopic (exact) mass is 631 g/mol. The molecule has 0 unspecified atom stereocenters. The SMILES string of the molecule is CCCNC(=O)[C@@H](Cc1ccccc1)N(Cc1ccccc1Cl)C(=O)CN(c1ccccc1CC)S(=O)(=O)c1ccccc1. The van der Waals surface area contributed by atoms with Crippen molar-refractivity contribution in [2.75, 3.05) is 17.4 Å². The summed E-state index contributed by atoms with van der Waals surface area (Å²) in [6.07, 6.45) is 1.52. The van der Waals surface area contributed by atoms with Crippen LogP contribution < -0.4 is 9.62 Å². The van der Waals surface area contributed by atoms with Crippen LogP contribution in [0.5, 0.6) is 0 Å². The maximum atomic E-state index is 14.5. The van der Waals surface area contributed by atoms with Crippen LogP contribution in [0, 0.1) is 0 Å². The average molecular weight is 632 g/mol. The van der Waals surface area contributed by atoms with Gasteiger partial charge in [0.2, 0.25) is 11.8 Å². The van der Waals surface area contributed by atoms with Gasteiger partial charge in [-0.3, -0.25) is 13.9 Å². The van der Waals surface area contributed by atoms with Crippen LogP contribution in [0.3, 0.4) is 0 Å². The summed E-state index contributed by atoms with van der Waals surface area (Å²) >= 11 is 6.55. The van der Waals surface area contributed by atoms with Crippen molar-refractivity contribution in [1.82, 2.24) is 10.2 Å². The highest BCUT2D eigenvalue weighted by Gasteiger charge is 2.35. The van der Waals surface area contributed by atoms with Gasteiger partial charge in [-0.15, -0.1) is 0 Å². The van der Waals surface area contributed by atoms with Crippen LogP contribution in [0.1, 0.15) is 37.0 Å². The molecular formula is C35H38ClN3O4S. The van der Waals surface area contributed by atoms with E-state index in [1.165, 1.54) is 17.0 Å². The van der Waals surface area contributed by atoms with E-state index in [9.17, 15) is 18.0 Å². The Kier molecular flexibility index (Phi) is 11.6. The minimum absolute atomic E-state index is 0.0181. The van der Waals surface area contributed by atoms with E-state index >= 15 is 0 Å². The van der Waals surface area contributed by atoms with Crippen LogP contribution in [0.25, 0.3) is 0 Å². The Balaban J connectivity index is 1.82. The number of hydrogen-bond acceptors (Lipinski definition) is 4. The first-order valence-electron chi connectivity index (χ1n) is 14.8. The smallest absolute Gasteiger partial charge is 0.264 e. The molecule has 1 N–H and O–H groups in total. The number of carbonyl (C=O) groups is 2. The van der Waals surface area contributed by atoms with Gasteiger partial charge < -0.3 is 10.2 Å². The van der Waals surface area contributed by atoms with Gasteiger partial charge in [0.15, 0.2) is 0 Å². The molecule has 0 radical (unpaired) electrons. The highest BCUT2D eigenvalue weighted by Crippen LogP contribution is 2.29. The molecular weight excluding hydrogens is 594 g/mol. The zero-order chi connectivity index (χ0) is 31.5. The molecule has 44 heavy (non-hydrogen) atoms. The Morgan fingerprint density at radius 3 is 2.02 bits per heavy atom. The molecule has 0 aliphatic heterocycles. The maximum Gasteiger partial charge on any atom is 0.264 e. The first kappa shape index (κ1) is 32.8. The standard InChI is InChI=1S/C35H38ClN3O4S/c1-3-23-37-35(41)33(24-27-15-7-5-8-16-27)38(25-29-18-11-13-21-31(29)36)34(40)26-39(32-22-14-12-17-28(32)4-2)44(42,43)30-19-9-6-10-20-30/h5-22,33H,3-4,23-26H2,1-2H3,(H,37,41)/t33-/m1/s1. The van der Waals surface area contributed by atoms with Crippen LogP contribution in [0.2, 0.25) is 5.02 Å². The Morgan fingerprint density at radius 2 is 1.39 bits per heavy atom. The van der Waals surface area contributed by atoms with Gasteiger partial charge in [-0.25, -0.2) is 8.42 Å². The molecule has 0 spiro atoms. The van der Waals surface area contributed by atoms with Crippen LogP contribution >= 0.6 is 11.6 Å². The second kappa shape index (κ2) is 15.5. The van der Waals surface area contributed by atoms with Gasteiger partial charge in [-0.2, -0.15) is 0 Å². The van der Waals surface area contributed by atoms with E-state index in [1.807, 2.05) is 62.4 Å². The Bertz CT molecular complexity index is 1650. The van der Waals surface area contributed by atoms with Gasteiger partial charge in [0.1, 0.15) is 12.6 Å². The fourth-order valence-corrected chi connectivity index (χ4v) is 6.68. The lowest BCUT2D eigenvalue weighted by Gasteiger charge is -2.34. The number of benzene rings is 4. The summed E-state index contributed by atoms with van der Waals surface area (Å²) in [5.74, 6) is -0.842. The zero-order valence-corrected chi connectivity index (χ0v) is 26.6. The molecule has 9 heteroatoms. The molecule has 4 aromatic carbocycles. The number of anilines is 1. The van der Waals surface area contributed by atoms with Crippen LogP contribution in [-0.2, 0) is 39.0 Å². The van der Waals surface area contributed by atoms with E-state index in [0.717, 1.165) is 21.9 Å². The summed E-state index contributed by atoms with van der Waals surface area (Å²) in [4.78, 5) is 29.8. The Hall–Kier alpha value is -4.14. The quantitative estimate of drug-likeness (QED) is 0.178. The Labute approximate surface area is 265 Å². The highest BCUT2D eigenvalue weighted by atomic mass is 35.5. The number of nitrogens with zero attached hydrogens (tertiary/aromatic N) is 2. The van der Waals surface area contributed by atoms with Gasteiger partial charge in [-0.1, -0.05) is 110 Å². The molecule has 4 rings (SSSR count). The fourth-order valence-electron chi connectivity index (χ4n) is 5.02. The average Bonchev–Trinajstić information content (AvgIpc) is 3.05. The number of rotatable bonds is 14. The minimum Gasteiger partial charge on any atom is -0.354 e. The summed E-state index contributed by atoms with van der Waals surface area (Å²) < 4.78 is 29.5. The Morgan fingerprint density at radius 1 is 0.795 bits per heavy atom. The molecule has 0 aliphatic carbocycles. The lowest BCUT2D eigenvalue weighted by molar-refractivity contribution is -0.140. The molecule has 0 bridgehead atoms. The number of nitrogens with one attached hydrogen (secondary N) is 1. The van der Waals surface area contributed by atoms with Crippen molar-refractivity contribution in [3.63, 3.8) is 0 Å². The third-order valence-corrected chi connectivity index (χ3v) is 9.51. The molecule has 0 heterocycles. The number of carbonyl (C=O) groups excluding carboxylic acids is 2. The lowest BCUT2D eigenvalue weighted by Crippen LogP contribution is -2.53.